The van der Waals surface area contributed by atoms with Crippen LogP contribution in [0.2, 0.25) is 0 Å². The third kappa shape index (κ3) is 5.46. The molecule has 0 bridgehead atoms. The van der Waals surface area contributed by atoms with Crippen LogP contribution in [0.15, 0.2) is 24.3 Å². The van der Waals surface area contributed by atoms with Crippen molar-refractivity contribution in [2.45, 2.75) is 45.6 Å². The van der Waals surface area contributed by atoms with E-state index >= 15 is 0 Å². The molecular weight excluding hydrogens is 313 g/mol. The molecule has 1 fully saturated rings. The van der Waals surface area contributed by atoms with Gasteiger partial charge in [-0.3, -0.25) is 15.6 Å². The zero-order valence-corrected chi connectivity index (χ0v) is 14.4. The minimum absolute atomic E-state index is 0.101. The maximum atomic E-state index is 13.1. The van der Waals surface area contributed by atoms with Crippen molar-refractivity contribution < 1.29 is 9.18 Å². The Hall–Kier alpha value is -1.69. The van der Waals surface area contributed by atoms with Crippen LogP contribution in [0.4, 0.5) is 4.39 Å². The van der Waals surface area contributed by atoms with Crippen LogP contribution in [0, 0.1) is 17.7 Å². The number of carbonyl (C=O) groups excluding carboxylic acids is 1. The monoisotopic (exact) mass is 337 g/mol. The van der Waals surface area contributed by atoms with Crippen LogP contribution in [0.25, 0.3) is 0 Å². The Balaban J connectivity index is 1.74. The standard InChI is InChI=1S/C17H24FN3OS/c1-11-5-3-8-15(12(11)2)19-17(23)21-20-16(22)10-13-6-4-7-14(18)9-13/h4,6-7,9,11-12,15H,3,5,8,10H2,1-2H3,(H,20,22)(H2,19,21,23)/t11-,12+,15+/m0/s1. The molecule has 0 unspecified atom stereocenters. The van der Waals surface area contributed by atoms with Gasteiger partial charge < -0.3 is 5.32 Å². The molecule has 1 aliphatic rings. The SMILES string of the molecule is C[C@@H]1[C@@H](C)CCC[C@H]1NC(=S)NNC(=O)Cc1cccc(F)c1. The summed E-state index contributed by atoms with van der Waals surface area (Å²) in [7, 11) is 0. The molecule has 4 nitrogen and oxygen atoms in total. The fourth-order valence-electron chi connectivity index (χ4n) is 2.99. The Morgan fingerprint density at radius 3 is 2.83 bits per heavy atom. The quantitative estimate of drug-likeness (QED) is 0.586. The summed E-state index contributed by atoms with van der Waals surface area (Å²) in [5.41, 5.74) is 5.90. The van der Waals surface area contributed by atoms with Crippen molar-refractivity contribution in [3.63, 3.8) is 0 Å². The van der Waals surface area contributed by atoms with Gasteiger partial charge in [-0.2, -0.15) is 0 Å². The Bertz CT molecular complexity index is 567. The minimum Gasteiger partial charge on any atom is -0.358 e. The van der Waals surface area contributed by atoms with Gasteiger partial charge in [-0.15, -0.1) is 0 Å². The molecule has 0 radical (unpaired) electrons. The van der Waals surface area contributed by atoms with E-state index in [0.29, 0.717) is 28.6 Å². The minimum atomic E-state index is -0.346. The molecule has 1 saturated carbocycles. The lowest BCUT2D eigenvalue weighted by Gasteiger charge is -2.35. The van der Waals surface area contributed by atoms with E-state index in [9.17, 15) is 9.18 Å². The van der Waals surface area contributed by atoms with Gasteiger partial charge in [0.1, 0.15) is 5.82 Å². The zero-order valence-electron chi connectivity index (χ0n) is 13.6. The number of hydrogen-bond acceptors (Lipinski definition) is 2. The van der Waals surface area contributed by atoms with Crippen molar-refractivity contribution in [2.24, 2.45) is 11.8 Å². The molecule has 0 aromatic heterocycles. The fourth-order valence-corrected chi connectivity index (χ4v) is 3.20. The van der Waals surface area contributed by atoms with Crippen LogP contribution < -0.4 is 16.2 Å². The lowest BCUT2D eigenvalue weighted by molar-refractivity contribution is -0.121. The third-order valence-corrected chi connectivity index (χ3v) is 4.81. The van der Waals surface area contributed by atoms with Crippen LogP contribution >= 0.6 is 12.2 Å². The van der Waals surface area contributed by atoms with Crippen LogP contribution in [0.1, 0.15) is 38.7 Å². The highest BCUT2D eigenvalue weighted by Gasteiger charge is 2.27. The molecule has 1 aromatic carbocycles. The van der Waals surface area contributed by atoms with E-state index in [0.717, 1.165) is 6.42 Å². The molecule has 0 aliphatic heterocycles. The number of amides is 1. The second-order valence-electron chi connectivity index (χ2n) is 6.33. The molecule has 3 atom stereocenters. The summed E-state index contributed by atoms with van der Waals surface area (Å²) in [6, 6.07) is 6.33. The Morgan fingerprint density at radius 2 is 2.09 bits per heavy atom. The number of nitrogens with one attached hydrogen (secondary N) is 3. The second kappa shape index (κ2) is 8.24. The van der Waals surface area contributed by atoms with Gasteiger partial charge in [0.25, 0.3) is 0 Å². The maximum Gasteiger partial charge on any atom is 0.242 e. The molecule has 2 rings (SSSR count). The van der Waals surface area contributed by atoms with E-state index in [1.54, 1.807) is 12.1 Å². The van der Waals surface area contributed by atoms with E-state index < -0.39 is 0 Å². The number of rotatable bonds is 3. The van der Waals surface area contributed by atoms with Crippen LogP contribution in [-0.4, -0.2) is 17.1 Å². The number of carbonyl (C=O) groups is 1. The number of hydrogen-bond donors (Lipinski definition) is 3. The summed E-state index contributed by atoms with van der Waals surface area (Å²) in [6.45, 7) is 4.49. The van der Waals surface area contributed by atoms with E-state index in [1.165, 1.54) is 25.0 Å². The molecule has 1 amide bonds. The molecule has 126 valence electrons. The lowest BCUT2D eigenvalue weighted by atomic mass is 9.78. The molecule has 1 aromatic rings. The van der Waals surface area contributed by atoms with Gasteiger partial charge in [0.05, 0.1) is 6.42 Å². The lowest BCUT2D eigenvalue weighted by Crippen LogP contribution is -2.52. The van der Waals surface area contributed by atoms with Crippen molar-refractivity contribution in [3.05, 3.63) is 35.6 Å². The van der Waals surface area contributed by atoms with Gasteiger partial charge in [0.15, 0.2) is 5.11 Å². The average molecular weight is 337 g/mol. The van der Waals surface area contributed by atoms with Gasteiger partial charge in [-0.1, -0.05) is 38.8 Å². The molecule has 23 heavy (non-hydrogen) atoms. The summed E-state index contributed by atoms with van der Waals surface area (Å²) in [6.07, 6.45) is 3.64. The summed E-state index contributed by atoms with van der Waals surface area (Å²) < 4.78 is 13.1. The van der Waals surface area contributed by atoms with E-state index in [-0.39, 0.29) is 18.1 Å². The molecule has 6 heteroatoms. The summed E-state index contributed by atoms with van der Waals surface area (Å²) >= 11 is 5.23. The fraction of sp³-hybridized carbons (Fsp3) is 0.529. The summed E-state index contributed by atoms with van der Waals surface area (Å²) in [5.74, 6) is 0.615. The number of hydrazine groups is 1. The Labute approximate surface area is 142 Å². The normalized spacial score (nSPS) is 23.9. The van der Waals surface area contributed by atoms with E-state index in [4.69, 9.17) is 12.2 Å². The van der Waals surface area contributed by atoms with Gasteiger partial charge >= 0.3 is 0 Å². The zero-order chi connectivity index (χ0) is 16.8. The van der Waals surface area contributed by atoms with Crippen LogP contribution in [0.5, 0.6) is 0 Å². The topological polar surface area (TPSA) is 53.2 Å². The first-order valence-corrected chi connectivity index (χ1v) is 8.46. The smallest absolute Gasteiger partial charge is 0.242 e. The first-order valence-electron chi connectivity index (χ1n) is 8.05. The van der Waals surface area contributed by atoms with Crippen molar-refractivity contribution >= 4 is 23.2 Å². The maximum absolute atomic E-state index is 13.1. The predicted octanol–water partition coefficient (Wildman–Crippen LogP) is 2.69. The van der Waals surface area contributed by atoms with Crippen molar-refractivity contribution in [1.29, 1.82) is 0 Å². The molecular formula is C17H24FN3OS. The number of benzene rings is 1. The second-order valence-corrected chi connectivity index (χ2v) is 6.74. The molecule has 1 aliphatic carbocycles. The Morgan fingerprint density at radius 1 is 1.30 bits per heavy atom. The third-order valence-electron chi connectivity index (χ3n) is 4.59. The molecule has 0 saturated heterocycles. The highest BCUT2D eigenvalue weighted by molar-refractivity contribution is 7.80. The highest BCUT2D eigenvalue weighted by atomic mass is 32.1. The highest BCUT2D eigenvalue weighted by Crippen LogP contribution is 2.29. The van der Waals surface area contributed by atoms with Crippen molar-refractivity contribution in [2.75, 3.05) is 0 Å². The van der Waals surface area contributed by atoms with Crippen LogP contribution in [0.3, 0.4) is 0 Å². The first-order chi connectivity index (χ1) is 11.0. The molecule has 0 heterocycles. The van der Waals surface area contributed by atoms with E-state index in [2.05, 4.69) is 30.0 Å². The summed E-state index contributed by atoms with van der Waals surface area (Å²) in [5, 5.41) is 3.69. The predicted molar refractivity (Wildman–Crippen MR) is 93.1 cm³/mol. The molecule has 3 N–H and O–H groups in total. The number of thiocarbonyl (C=S) groups is 1. The van der Waals surface area contributed by atoms with Crippen LogP contribution in [-0.2, 0) is 11.2 Å². The van der Waals surface area contributed by atoms with Crippen molar-refractivity contribution in [1.82, 2.24) is 16.2 Å². The largest absolute Gasteiger partial charge is 0.358 e. The van der Waals surface area contributed by atoms with Crippen molar-refractivity contribution in [3.8, 4) is 0 Å². The summed E-state index contributed by atoms with van der Waals surface area (Å²) in [4.78, 5) is 11.9. The number of halogens is 1. The van der Waals surface area contributed by atoms with Gasteiger partial charge in [-0.05, 0) is 48.2 Å². The van der Waals surface area contributed by atoms with Gasteiger partial charge in [0.2, 0.25) is 5.91 Å². The van der Waals surface area contributed by atoms with E-state index in [1.807, 2.05) is 0 Å². The first kappa shape index (κ1) is 17.7. The molecule has 0 spiro atoms. The Kier molecular flexibility index (Phi) is 6.33. The van der Waals surface area contributed by atoms with Gasteiger partial charge in [-0.25, -0.2) is 4.39 Å². The average Bonchev–Trinajstić information content (AvgIpc) is 2.50. The van der Waals surface area contributed by atoms with Gasteiger partial charge in [0, 0.05) is 6.04 Å².